The molecular weight excluding hydrogens is 230 g/mol. The number of ether oxygens (including phenoxy) is 1. The molecule has 0 amide bonds. The van der Waals surface area contributed by atoms with Gasteiger partial charge in [-0.15, -0.1) is 5.01 Å². The van der Waals surface area contributed by atoms with E-state index in [9.17, 15) is 10.0 Å². The molecule has 0 saturated carbocycles. The van der Waals surface area contributed by atoms with Crippen LogP contribution in [0.4, 0.5) is 0 Å². The maximum Gasteiger partial charge on any atom is 0.314 e. The highest BCUT2D eigenvalue weighted by Gasteiger charge is 2.23. The zero-order chi connectivity index (χ0) is 13.5. The third-order valence-corrected chi connectivity index (χ3v) is 1.70. The minimum Gasteiger partial charge on any atom is -0.569 e. The Bertz CT molecular complexity index is 274. The molecule has 17 heavy (non-hydrogen) atoms. The number of hydrazine groups is 1. The number of aliphatic hydroxyl groups is 1. The standard InChI is InChI=1S/C9H19N3O5/c1-9(2,3)8(14)16-7-17-10-12(15)11(4)5-6-13/h13H,5-7H2,1-4H3/b12-10-. The van der Waals surface area contributed by atoms with E-state index >= 15 is 0 Å². The van der Waals surface area contributed by atoms with Crippen molar-refractivity contribution in [3.05, 3.63) is 5.21 Å². The van der Waals surface area contributed by atoms with Gasteiger partial charge in [-0.1, -0.05) is 0 Å². The summed E-state index contributed by atoms with van der Waals surface area (Å²) in [5.41, 5.74) is -0.631. The van der Waals surface area contributed by atoms with Crippen LogP contribution in [0.15, 0.2) is 5.28 Å². The van der Waals surface area contributed by atoms with Crippen LogP contribution in [0, 0.1) is 10.6 Å². The van der Waals surface area contributed by atoms with Crippen LogP contribution < -0.4 is 0 Å². The van der Waals surface area contributed by atoms with E-state index in [0.29, 0.717) is 0 Å². The molecule has 0 atom stereocenters. The maximum atomic E-state index is 11.3. The number of rotatable bonds is 6. The predicted molar refractivity (Wildman–Crippen MR) is 57.3 cm³/mol. The number of likely N-dealkylation sites (N-methyl/N-ethyl adjacent to an activating group) is 1. The van der Waals surface area contributed by atoms with Crippen molar-refractivity contribution >= 4 is 5.97 Å². The molecule has 0 heterocycles. The lowest BCUT2D eigenvalue weighted by Crippen LogP contribution is -2.29. The molecule has 8 nitrogen and oxygen atoms in total. The van der Waals surface area contributed by atoms with Gasteiger partial charge in [-0.3, -0.25) is 4.79 Å². The van der Waals surface area contributed by atoms with Gasteiger partial charge >= 0.3 is 5.97 Å². The Kier molecular flexibility index (Phi) is 6.26. The fourth-order valence-electron chi connectivity index (χ4n) is 0.662. The van der Waals surface area contributed by atoms with Crippen molar-refractivity contribution in [1.29, 1.82) is 0 Å². The topological polar surface area (TPSA) is 97.4 Å². The van der Waals surface area contributed by atoms with Crippen LogP contribution in [-0.2, 0) is 14.4 Å². The van der Waals surface area contributed by atoms with Crippen molar-refractivity contribution in [2.24, 2.45) is 10.7 Å². The minimum absolute atomic E-state index is 0.123. The summed E-state index contributed by atoms with van der Waals surface area (Å²) in [4.78, 5) is 15.9. The van der Waals surface area contributed by atoms with E-state index in [1.165, 1.54) is 7.05 Å². The molecule has 1 N–H and O–H groups in total. The lowest BCUT2D eigenvalue weighted by Gasteiger charge is -2.15. The van der Waals surface area contributed by atoms with Gasteiger partial charge in [0.1, 0.15) is 0 Å². The quantitative estimate of drug-likeness (QED) is 0.181. The summed E-state index contributed by atoms with van der Waals surface area (Å²) in [6.45, 7) is 4.61. The Hall–Kier alpha value is -1.57. The van der Waals surface area contributed by atoms with E-state index in [0.717, 1.165) is 5.01 Å². The van der Waals surface area contributed by atoms with Gasteiger partial charge in [0.15, 0.2) is 0 Å². The van der Waals surface area contributed by atoms with Gasteiger partial charge in [-0.05, 0) is 20.8 Å². The molecule has 0 rings (SSSR count). The molecule has 0 aliphatic rings. The Morgan fingerprint density at radius 2 is 2.12 bits per heavy atom. The minimum atomic E-state index is -0.631. The summed E-state index contributed by atoms with van der Waals surface area (Å²) in [7, 11) is 1.43. The number of hydrogen-bond donors (Lipinski definition) is 1. The highest BCUT2D eigenvalue weighted by atomic mass is 16.8. The molecule has 0 fully saturated rings. The third-order valence-electron chi connectivity index (χ3n) is 1.70. The molecule has 0 aromatic heterocycles. The Labute approximate surface area is 99.9 Å². The molecule has 0 spiro atoms. The van der Waals surface area contributed by atoms with Crippen molar-refractivity contribution in [2.45, 2.75) is 20.8 Å². The highest BCUT2D eigenvalue weighted by molar-refractivity contribution is 5.75. The van der Waals surface area contributed by atoms with E-state index in [1.807, 2.05) is 0 Å². The number of esters is 1. The molecule has 0 aromatic rings. The highest BCUT2D eigenvalue weighted by Crippen LogP contribution is 2.14. The summed E-state index contributed by atoms with van der Waals surface area (Å²) in [6.07, 6.45) is 0. The van der Waals surface area contributed by atoms with Crippen LogP contribution in [0.25, 0.3) is 0 Å². The van der Waals surface area contributed by atoms with E-state index < -0.39 is 18.2 Å². The van der Waals surface area contributed by atoms with Crippen molar-refractivity contribution < 1.29 is 24.4 Å². The maximum absolute atomic E-state index is 11.3. The van der Waals surface area contributed by atoms with Crippen LogP contribution in [-0.4, -0.2) is 48.0 Å². The van der Waals surface area contributed by atoms with Crippen LogP contribution in [0.2, 0.25) is 0 Å². The number of carbonyl (C=O) groups excluding carboxylic acids is 1. The first-order chi connectivity index (χ1) is 7.79. The van der Waals surface area contributed by atoms with Crippen LogP contribution in [0.3, 0.4) is 0 Å². The zero-order valence-electron chi connectivity index (χ0n) is 10.5. The molecule has 100 valence electrons. The average molecular weight is 249 g/mol. The second-order valence-corrected chi connectivity index (χ2v) is 4.37. The molecule has 0 aliphatic heterocycles. The van der Waals surface area contributed by atoms with Gasteiger partial charge in [-0.25, -0.2) is 0 Å². The lowest BCUT2D eigenvalue weighted by molar-refractivity contribution is -0.706. The van der Waals surface area contributed by atoms with Gasteiger partial charge in [0.05, 0.1) is 30.6 Å². The van der Waals surface area contributed by atoms with Crippen LogP contribution in [0.5, 0.6) is 0 Å². The van der Waals surface area contributed by atoms with Crippen molar-refractivity contribution in [3.63, 3.8) is 0 Å². The average Bonchev–Trinajstić information content (AvgIpc) is 2.22. The smallest absolute Gasteiger partial charge is 0.314 e. The molecule has 0 unspecified atom stereocenters. The summed E-state index contributed by atoms with van der Waals surface area (Å²) in [5, 5.41) is 23.8. The summed E-state index contributed by atoms with van der Waals surface area (Å²) in [5.74, 6) is -0.450. The number of carbonyl (C=O) groups is 1. The van der Waals surface area contributed by atoms with Crippen molar-refractivity contribution in [3.8, 4) is 0 Å². The molecule has 0 radical (unpaired) electrons. The summed E-state index contributed by atoms with van der Waals surface area (Å²) < 4.78 is 4.71. The third kappa shape index (κ3) is 6.56. The molecular formula is C9H19N3O5. The molecule has 0 aromatic carbocycles. The normalized spacial score (nSPS) is 12.2. The summed E-state index contributed by atoms with van der Waals surface area (Å²) >= 11 is 0. The second-order valence-electron chi connectivity index (χ2n) is 4.37. The largest absolute Gasteiger partial charge is 0.569 e. The Morgan fingerprint density at radius 1 is 1.53 bits per heavy atom. The van der Waals surface area contributed by atoms with E-state index in [-0.39, 0.29) is 18.1 Å². The van der Waals surface area contributed by atoms with Crippen LogP contribution in [0.1, 0.15) is 20.8 Å². The molecule has 0 aliphatic carbocycles. The zero-order valence-corrected chi connectivity index (χ0v) is 10.5. The number of nitrogens with zero attached hydrogens (tertiary/aromatic N) is 3. The van der Waals surface area contributed by atoms with Gasteiger partial charge in [-0.2, -0.15) is 0 Å². The number of hydrogen-bond acceptors (Lipinski definition) is 6. The first kappa shape index (κ1) is 15.4. The van der Waals surface area contributed by atoms with Gasteiger partial charge in [0.2, 0.25) is 5.28 Å². The van der Waals surface area contributed by atoms with E-state index in [2.05, 4.69) is 10.1 Å². The molecule has 0 bridgehead atoms. The Morgan fingerprint density at radius 3 is 2.59 bits per heavy atom. The fraction of sp³-hybridized carbons (Fsp3) is 0.889. The van der Waals surface area contributed by atoms with E-state index in [4.69, 9.17) is 9.84 Å². The summed E-state index contributed by atoms with van der Waals surface area (Å²) in [6, 6.07) is 0. The molecule has 8 heteroatoms. The van der Waals surface area contributed by atoms with Gasteiger partial charge < -0.3 is 19.9 Å². The number of aliphatic hydroxyl groups excluding tert-OH is 1. The fourth-order valence-corrected chi connectivity index (χ4v) is 0.662. The van der Waals surface area contributed by atoms with E-state index in [1.54, 1.807) is 20.8 Å². The van der Waals surface area contributed by atoms with Gasteiger partial charge in [0, 0.05) is 0 Å². The van der Waals surface area contributed by atoms with Crippen molar-refractivity contribution in [1.82, 2.24) is 5.01 Å². The predicted octanol–water partition coefficient (Wildman–Crippen LogP) is 0.266. The van der Waals surface area contributed by atoms with Crippen molar-refractivity contribution in [2.75, 3.05) is 27.0 Å². The first-order valence-corrected chi connectivity index (χ1v) is 5.08. The first-order valence-electron chi connectivity index (χ1n) is 5.08. The SMILES string of the molecule is CN(CCO)/[N+]([O-])=N/OCOC(=O)C(C)(C)C. The second kappa shape index (κ2) is 6.89. The van der Waals surface area contributed by atoms with Gasteiger partial charge in [0.25, 0.3) is 6.79 Å². The molecule has 0 saturated heterocycles. The van der Waals surface area contributed by atoms with Crippen LogP contribution >= 0.6 is 0 Å². The Balaban J connectivity index is 3.91. The monoisotopic (exact) mass is 249 g/mol. The lowest BCUT2D eigenvalue weighted by atomic mass is 9.98.